The van der Waals surface area contributed by atoms with Crippen LogP contribution in [0, 0.1) is 18.3 Å². The summed E-state index contributed by atoms with van der Waals surface area (Å²) >= 11 is 6.70. The Hall–Kier alpha value is -2.96. The average Bonchev–Trinajstić information content (AvgIpc) is 2.67. The molecule has 9 heteroatoms. The largest absolute Gasteiger partial charge is 0.478 e. The number of carbonyl (C=O) groups is 3. The van der Waals surface area contributed by atoms with Crippen LogP contribution in [0.15, 0.2) is 50.9 Å². The molecule has 0 aromatic heterocycles. The number of amides is 4. The number of urea groups is 1. The first kappa shape index (κ1) is 20.8. The van der Waals surface area contributed by atoms with Gasteiger partial charge in [-0.15, -0.1) is 0 Å². The zero-order valence-electron chi connectivity index (χ0n) is 15.0. The van der Waals surface area contributed by atoms with Crippen molar-refractivity contribution >= 4 is 61.5 Å². The van der Waals surface area contributed by atoms with Crippen molar-refractivity contribution in [1.29, 1.82) is 5.26 Å². The highest BCUT2D eigenvalue weighted by molar-refractivity contribution is 9.10. The number of anilines is 1. The summed E-state index contributed by atoms with van der Waals surface area (Å²) in [6, 6.07) is 11.0. The van der Waals surface area contributed by atoms with E-state index in [9.17, 15) is 14.4 Å². The van der Waals surface area contributed by atoms with Gasteiger partial charge < -0.3 is 4.74 Å². The lowest BCUT2D eigenvalue weighted by Crippen LogP contribution is -2.54. The number of carbonyl (C=O) groups excluding carboxylic acids is 3. The molecule has 0 aliphatic carbocycles. The van der Waals surface area contributed by atoms with E-state index in [0.717, 1.165) is 14.9 Å². The van der Waals surface area contributed by atoms with Crippen LogP contribution in [0.25, 0.3) is 6.08 Å². The summed E-state index contributed by atoms with van der Waals surface area (Å²) in [6.07, 6.45) is 1.39. The molecule has 1 aliphatic rings. The summed E-state index contributed by atoms with van der Waals surface area (Å²) in [5.41, 5.74) is 1.55. The molecule has 146 valence electrons. The second kappa shape index (κ2) is 8.59. The summed E-state index contributed by atoms with van der Waals surface area (Å²) < 4.78 is 6.64. The number of nitrogens with zero attached hydrogens (tertiary/aromatic N) is 2. The molecule has 0 unspecified atom stereocenters. The summed E-state index contributed by atoms with van der Waals surface area (Å²) in [6.45, 7) is 1.72. The van der Waals surface area contributed by atoms with Crippen LogP contribution in [0.5, 0.6) is 5.75 Å². The van der Waals surface area contributed by atoms with Crippen molar-refractivity contribution in [3.8, 4) is 11.8 Å². The van der Waals surface area contributed by atoms with Crippen molar-refractivity contribution in [2.24, 2.45) is 0 Å². The number of aryl methyl sites for hydroxylation is 1. The highest BCUT2D eigenvalue weighted by Crippen LogP contribution is 2.29. The predicted molar refractivity (Wildman–Crippen MR) is 113 cm³/mol. The lowest BCUT2D eigenvalue weighted by molar-refractivity contribution is -0.122. The highest BCUT2D eigenvalue weighted by Gasteiger charge is 2.36. The number of barbiturate groups is 1. The fraction of sp³-hybridized carbons (Fsp3) is 0.100. The maximum Gasteiger partial charge on any atom is 0.335 e. The number of benzene rings is 2. The van der Waals surface area contributed by atoms with Gasteiger partial charge in [-0.25, -0.2) is 9.69 Å². The van der Waals surface area contributed by atoms with Crippen LogP contribution in [0.2, 0.25) is 0 Å². The minimum Gasteiger partial charge on any atom is -0.478 e. The van der Waals surface area contributed by atoms with E-state index in [2.05, 4.69) is 37.2 Å². The summed E-state index contributed by atoms with van der Waals surface area (Å²) in [5, 5.41) is 10.8. The van der Waals surface area contributed by atoms with E-state index in [4.69, 9.17) is 10.00 Å². The van der Waals surface area contributed by atoms with Gasteiger partial charge in [0.25, 0.3) is 11.8 Å². The molecule has 0 saturated carbocycles. The van der Waals surface area contributed by atoms with Crippen LogP contribution in [-0.4, -0.2) is 24.5 Å². The molecule has 1 saturated heterocycles. The first-order chi connectivity index (χ1) is 13.8. The maximum atomic E-state index is 12.9. The number of nitriles is 1. The van der Waals surface area contributed by atoms with Gasteiger partial charge >= 0.3 is 6.03 Å². The Morgan fingerprint density at radius 2 is 1.90 bits per heavy atom. The lowest BCUT2D eigenvalue weighted by Gasteiger charge is -2.26. The number of halogens is 2. The molecular weight excluding hydrogens is 506 g/mol. The van der Waals surface area contributed by atoms with Crippen molar-refractivity contribution in [1.82, 2.24) is 5.32 Å². The molecule has 2 aromatic carbocycles. The van der Waals surface area contributed by atoms with Gasteiger partial charge in [0.15, 0.2) is 6.61 Å². The number of hydrogen-bond donors (Lipinski definition) is 1. The van der Waals surface area contributed by atoms with Gasteiger partial charge in [0.05, 0.1) is 10.2 Å². The number of rotatable bonds is 4. The number of hydrogen-bond acceptors (Lipinski definition) is 5. The van der Waals surface area contributed by atoms with Crippen molar-refractivity contribution in [3.05, 3.63) is 62.0 Å². The van der Waals surface area contributed by atoms with Gasteiger partial charge in [-0.05, 0) is 70.4 Å². The Bertz CT molecular complexity index is 1110. The zero-order chi connectivity index (χ0) is 21.1. The molecule has 2 aromatic rings. The SMILES string of the molecule is Cc1cc(N2C(=O)NC(=O)/C(=C\c3ccc(OCC#N)c(Br)c3)C2=O)ccc1Br. The Kier molecular flexibility index (Phi) is 6.15. The van der Waals surface area contributed by atoms with E-state index in [1.54, 1.807) is 36.4 Å². The van der Waals surface area contributed by atoms with E-state index < -0.39 is 17.8 Å². The van der Waals surface area contributed by atoms with Crippen LogP contribution in [0.3, 0.4) is 0 Å². The monoisotopic (exact) mass is 517 g/mol. The zero-order valence-corrected chi connectivity index (χ0v) is 18.2. The molecule has 4 amide bonds. The minimum atomic E-state index is -0.805. The Labute approximate surface area is 183 Å². The fourth-order valence-electron chi connectivity index (χ4n) is 2.66. The molecule has 0 spiro atoms. The molecule has 0 atom stereocenters. The summed E-state index contributed by atoms with van der Waals surface area (Å²) in [5.74, 6) is -1.04. The first-order valence-corrected chi connectivity index (χ1v) is 9.87. The smallest absolute Gasteiger partial charge is 0.335 e. The van der Waals surface area contributed by atoms with Gasteiger partial charge in [0, 0.05) is 4.47 Å². The number of ether oxygens (including phenoxy) is 1. The molecule has 1 N–H and O–H groups in total. The van der Waals surface area contributed by atoms with E-state index in [1.807, 2.05) is 13.0 Å². The third-order valence-electron chi connectivity index (χ3n) is 4.06. The third kappa shape index (κ3) is 4.39. The Morgan fingerprint density at radius 3 is 2.55 bits per heavy atom. The van der Waals surface area contributed by atoms with Gasteiger partial charge in [-0.1, -0.05) is 22.0 Å². The van der Waals surface area contributed by atoms with E-state index in [0.29, 0.717) is 21.5 Å². The molecule has 7 nitrogen and oxygen atoms in total. The fourth-order valence-corrected chi connectivity index (χ4v) is 3.42. The van der Waals surface area contributed by atoms with E-state index in [-0.39, 0.29) is 12.2 Å². The van der Waals surface area contributed by atoms with Gasteiger partial charge in [0.1, 0.15) is 17.4 Å². The highest BCUT2D eigenvalue weighted by atomic mass is 79.9. The number of imide groups is 2. The van der Waals surface area contributed by atoms with Crippen LogP contribution in [-0.2, 0) is 9.59 Å². The van der Waals surface area contributed by atoms with Gasteiger partial charge in [0.2, 0.25) is 0 Å². The summed E-state index contributed by atoms with van der Waals surface area (Å²) in [4.78, 5) is 38.4. The average molecular weight is 519 g/mol. The van der Waals surface area contributed by atoms with Gasteiger partial charge in [-0.3, -0.25) is 14.9 Å². The Morgan fingerprint density at radius 1 is 1.14 bits per heavy atom. The van der Waals surface area contributed by atoms with Gasteiger partial charge in [-0.2, -0.15) is 5.26 Å². The molecule has 1 aliphatic heterocycles. The topological polar surface area (TPSA) is 99.5 Å². The second-order valence-corrected chi connectivity index (χ2v) is 7.74. The normalized spacial score (nSPS) is 15.3. The van der Waals surface area contributed by atoms with Crippen LogP contribution in [0.4, 0.5) is 10.5 Å². The molecule has 0 radical (unpaired) electrons. The molecule has 1 heterocycles. The van der Waals surface area contributed by atoms with Crippen LogP contribution in [0.1, 0.15) is 11.1 Å². The minimum absolute atomic E-state index is 0.108. The second-order valence-electron chi connectivity index (χ2n) is 6.03. The molecule has 29 heavy (non-hydrogen) atoms. The van der Waals surface area contributed by atoms with Crippen LogP contribution < -0.4 is 15.0 Å². The maximum absolute atomic E-state index is 12.9. The van der Waals surface area contributed by atoms with Crippen LogP contribution >= 0.6 is 31.9 Å². The Balaban J connectivity index is 1.96. The lowest BCUT2D eigenvalue weighted by atomic mass is 10.1. The summed E-state index contributed by atoms with van der Waals surface area (Å²) in [7, 11) is 0. The molecule has 0 bridgehead atoms. The standard InChI is InChI=1S/C20H13Br2N3O4/c1-11-8-13(3-4-15(11)21)25-19(27)14(18(26)24-20(25)28)9-12-2-5-17(16(22)10-12)29-7-6-23/h2-5,8-10H,7H2,1H3,(H,24,26,28)/b14-9+. The van der Waals surface area contributed by atoms with Crippen molar-refractivity contribution in [3.63, 3.8) is 0 Å². The number of nitrogens with one attached hydrogen (secondary N) is 1. The first-order valence-electron chi connectivity index (χ1n) is 8.28. The molecule has 3 rings (SSSR count). The molecule has 1 fully saturated rings. The molecular formula is C20H13Br2N3O4. The van der Waals surface area contributed by atoms with E-state index >= 15 is 0 Å². The third-order valence-corrected chi connectivity index (χ3v) is 5.57. The van der Waals surface area contributed by atoms with Crippen molar-refractivity contribution < 1.29 is 19.1 Å². The van der Waals surface area contributed by atoms with Crippen molar-refractivity contribution in [2.45, 2.75) is 6.92 Å². The predicted octanol–water partition coefficient (Wildman–Crippen LogP) is 4.09. The van der Waals surface area contributed by atoms with E-state index in [1.165, 1.54) is 6.08 Å². The van der Waals surface area contributed by atoms with Crippen molar-refractivity contribution in [2.75, 3.05) is 11.5 Å². The quantitative estimate of drug-likeness (QED) is 0.485.